The van der Waals surface area contributed by atoms with Crippen molar-refractivity contribution in [1.82, 2.24) is 10.6 Å². The minimum Gasteiger partial charge on any atom is -0.463 e. The molecule has 0 aliphatic heterocycles. The number of amides is 3. The van der Waals surface area contributed by atoms with E-state index in [2.05, 4.69) is 14.8 Å². The largest absolute Gasteiger partial charge is 0.463 e. The second kappa shape index (κ2) is 9.54. The summed E-state index contributed by atoms with van der Waals surface area (Å²) in [4.78, 5) is 44.4. The molecule has 0 aromatic carbocycles. The van der Waals surface area contributed by atoms with Gasteiger partial charge < -0.3 is 14.8 Å². The van der Waals surface area contributed by atoms with Crippen LogP contribution in [0.25, 0.3) is 0 Å². The maximum atomic E-state index is 11.2. The van der Waals surface area contributed by atoms with Gasteiger partial charge in [0.1, 0.15) is 0 Å². The Hall–Kier alpha value is -2.38. The molecule has 0 heterocycles. The fourth-order valence-electron chi connectivity index (χ4n) is 0.972. The van der Waals surface area contributed by atoms with Crippen molar-refractivity contribution >= 4 is 23.9 Å². The molecule has 0 atom stereocenters. The highest BCUT2D eigenvalue weighted by molar-refractivity contribution is 5.97. The Labute approximate surface area is 116 Å². The van der Waals surface area contributed by atoms with Crippen LogP contribution >= 0.6 is 0 Å². The van der Waals surface area contributed by atoms with Gasteiger partial charge in [-0.05, 0) is 20.8 Å². The molecule has 0 spiro atoms. The minimum atomic E-state index is -0.891. The summed E-state index contributed by atoms with van der Waals surface area (Å²) in [5.74, 6) is -2.36. The average molecular weight is 286 g/mol. The number of ether oxygens (including phenoxy) is 2. The summed E-state index contributed by atoms with van der Waals surface area (Å²) in [5, 5.41) is 4.40. The highest BCUT2D eigenvalue weighted by atomic mass is 16.5. The lowest BCUT2D eigenvalue weighted by Gasteiger charge is -2.08. The molecular weight excluding hydrogens is 268 g/mol. The summed E-state index contributed by atoms with van der Waals surface area (Å²) in [6.07, 6.45) is 1.72. The number of esters is 2. The van der Waals surface area contributed by atoms with Gasteiger partial charge in [0.25, 0.3) is 5.91 Å². The van der Waals surface area contributed by atoms with Crippen LogP contribution in [-0.2, 0) is 23.9 Å². The maximum absolute atomic E-state index is 11.2. The topological polar surface area (TPSA) is 111 Å². The molecule has 20 heavy (non-hydrogen) atoms. The van der Waals surface area contributed by atoms with Gasteiger partial charge in [-0.3, -0.25) is 10.1 Å². The molecular formula is C12H18N2O6. The first-order chi connectivity index (χ1) is 9.35. The lowest BCUT2D eigenvalue weighted by Crippen LogP contribution is -2.44. The standard InChI is InChI=1S/C12H18N2O6/c1-4-19-10(16)5-6-11(17)20-7-9(15)14-12(18)13-8(2)3/h5-6,8H,4,7H2,1-3H3,(H2,13,14,15,18). The van der Waals surface area contributed by atoms with Crippen molar-refractivity contribution in [2.24, 2.45) is 0 Å². The summed E-state index contributed by atoms with van der Waals surface area (Å²) in [6.45, 7) is 4.63. The van der Waals surface area contributed by atoms with Crippen molar-refractivity contribution in [2.45, 2.75) is 26.8 Å². The zero-order chi connectivity index (χ0) is 15.5. The molecule has 8 heteroatoms. The number of rotatable bonds is 6. The molecule has 3 amide bonds. The molecule has 0 aliphatic carbocycles. The number of nitrogens with one attached hydrogen (secondary N) is 2. The highest BCUT2D eigenvalue weighted by Gasteiger charge is 2.10. The summed E-state index contributed by atoms with van der Waals surface area (Å²) in [5.41, 5.74) is 0. The first kappa shape index (κ1) is 17.6. The van der Waals surface area contributed by atoms with Crippen LogP contribution in [0.5, 0.6) is 0 Å². The first-order valence-corrected chi connectivity index (χ1v) is 5.97. The zero-order valence-corrected chi connectivity index (χ0v) is 11.6. The van der Waals surface area contributed by atoms with Gasteiger partial charge in [-0.2, -0.15) is 0 Å². The van der Waals surface area contributed by atoms with Crippen LogP contribution in [0.3, 0.4) is 0 Å². The first-order valence-electron chi connectivity index (χ1n) is 5.97. The molecule has 0 unspecified atom stereocenters. The molecule has 0 saturated carbocycles. The maximum Gasteiger partial charge on any atom is 0.331 e. The van der Waals surface area contributed by atoms with E-state index in [0.29, 0.717) is 0 Å². The van der Waals surface area contributed by atoms with Crippen LogP contribution in [-0.4, -0.2) is 43.1 Å². The van der Waals surface area contributed by atoms with Crippen molar-refractivity contribution in [2.75, 3.05) is 13.2 Å². The van der Waals surface area contributed by atoms with Gasteiger partial charge in [0, 0.05) is 18.2 Å². The van der Waals surface area contributed by atoms with Crippen LogP contribution in [0, 0.1) is 0 Å². The zero-order valence-electron chi connectivity index (χ0n) is 11.6. The summed E-state index contributed by atoms with van der Waals surface area (Å²) >= 11 is 0. The molecule has 0 aliphatic rings. The van der Waals surface area contributed by atoms with E-state index < -0.39 is 30.5 Å². The molecule has 2 N–H and O–H groups in total. The number of hydrogen-bond acceptors (Lipinski definition) is 6. The SMILES string of the molecule is CCOC(=O)C=CC(=O)OCC(=O)NC(=O)NC(C)C. The number of hydrogen-bond donors (Lipinski definition) is 2. The van der Waals surface area contributed by atoms with Crippen LogP contribution in [0.4, 0.5) is 4.79 Å². The van der Waals surface area contributed by atoms with Crippen molar-refractivity contribution in [3.05, 3.63) is 12.2 Å². The van der Waals surface area contributed by atoms with E-state index in [0.717, 1.165) is 12.2 Å². The number of urea groups is 1. The third-order valence-corrected chi connectivity index (χ3v) is 1.66. The molecule has 0 saturated heterocycles. The van der Waals surface area contributed by atoms with Gasteiger partial charge in [-0.1, -0.05) is 0 Å². The Bertz CT molecular complexity index is 403. The van der Waals surface area contributed by atoms with E-state index in [4.69, 9.17) is 0 Å². The van der Waals surface area contributed by atoms with Crippen LogP contribution in [0.1, 0.15) is 20.8 Å². The lowest BCUT2D eigenvalue weighted by atomic mass is 10.4. The number of imide groups is 1. The van der Waals surface area contributed by atoms with Gasteiger partial charge in [0.15, 0.2) is 6.61 Å². The lowest BCUT2D eigenvalue weighted by molar-refractivity contribution is -0.144. The van der Waals surface area contributed by atoms with E-state index in [1.165, 1.54) is 0 Å². The Morgan fingerprint density at radius 1 is 1.05 bits per heavy atom. The second-order valence-electron chi connectivity index (χ2n) is 3.87. The summed E-state index contributed by atoms with van der Waals surface area (Å²) in [6, 6.07) is -0.805. The number of carbonyl (C=O) groups is 4. The fourth-order valence-corrected chi connectivity index (χ4v) is 0.972. The molecule has 112 valence electrons. The highest BCUT2D eigenvalue weighted by Crippen LogP contribution is 1.86. The van der Waals surface area contributed by atoms with E-state index >= 15 is 0 Å². The van der Waals surface area contributed by atoms with E-state index in [-0.39, 0.29) is 12.6 Å². The predicted octanol–water partition coefficient (Wildman–Crippen LogP) is -0.117. The van der Waals surface area contributed by atoms with Crippen molar-refractivity contribution in [3.8, 4) is 0 Å². The van der Waals surface area contributed by atoms with Crippen LogP contribution in [0.15, 0.2) is 12.2 Å². The fraction of sp³-hybridized carbons (Fsp3) is 0.500. The smallest absolute Gasteiger partial charge is 0.331 e. The summed E-state index contributed by atoms with van der Waals surface area (Å²) < 4.78 is 9.05. The van der Waals surface area contributed by atoms with Crippen molar-refractivity contribution < 1.29 is 28.7 Å². The van der Waals surface area contributed by atoms with Crippen LogP contribution in [0.2, 0.25) is 0 Å². The molecule has 0 bridgehead atoms. The molecule has 0 aromatic heterocycles. The second-order valence-corrected chi connectivity index (χ2v) is 3.87. The predicted molar refractivity (Wildman–Crippen MR) is 68.5 cm³/mol. The number of carbonyl (C=O) groups excluding carboxylic acids is 4. The molecule has 0 fully saturated rings. The molecule has 0 aromatic rings. The van der Waals surface area contributed by atoms with Gasteiger partial charge in [0.05, 0.1) is 6.61 Å². The summed E-state index contributed by atoms with van der Waals surface area (Å²) in [7, 11) is 0. The Morgan fingerprint density at radius 3 is 2.10 bits per heavy atom. The van der Waals surface area contributed by atoms with Crippen molar-refractivity contribution in [3.63, 3.8) is 0 Å². The van der Waals surface area contributed by atoms with Gasteiger partial charge >= 0.3 is 18.0 Å². The van der Waals surface area contributed by atoms with Gasteiger partial charge in [0.2, 0.25) is 0 Å². The Kier molecular flexibility index (Phi) is 8.40. The average Bonchev–Trinajstić information content (AvgIpc) is 2.33. The Balaban J connectivity index is 3.97. The quantitative estimate of drug-likeness (QED) is 0.520. The Morgan fingerprint density at radius 2 is 1.60 bits per heavy atom. The van der Waals surface area contributed by atoms with Crippen molar-refractivity contribution in [1.29, 1.82) is 0 Å². The third-order valence-electron chi connectivity index (χ3n) is 1.66. The molecule has 0 rings (SSSR count). The van der Waals surface area contributed by atoms with Gasteiger partial charge in [-0.15, -0.1) is 0 Å². The van der Waals surface area contributed by atoms with Crippen LogP contribution < -0.4 is 10.6 Å². The van der Waals surface area contributed by atoms with E-state index in [9.17, 15) is 19.2 Å². The minimum absolute atomic E-state index is 0.127. The molecule has 8 nitrogen and oxygen atoms in total. The van der Waals surface area contributed by atoms with Gasteiger partial charge in [-0.25, -0.2) is 14.4 Å². The monoisotopic (exact) mass is 286 g/mol. The normalized spacial score (nSPS) is 10.2. The van der Waals surface area contributed by atoms with E-state index in [1.807, 2.05) is 5.32 Å². The van der Waals surface area contributed by atoms with E-state index in [1.54, 1.807) is 20.8 Å². The third kappa shape index (κ3) is 9.63. The molecule has 0 radical (unpaired) electrons.